The Kier molecular flexibility index (Phi) is 4.72. The number of nitrogens with one attached hydrogen (secondary N) is 1. The van der Waals surface area contributed by atoms with E-state index in [1.54, 1.807) is 24.8 Å². The third-order valence-corrected chi connectivity index (χ3v) is 4.12. The number of nitrogens with zero attached hydrogens (tertiary/aromatic N) is 2. The molecule has 0 amide bonds. The summed E-state index contributed by atoms with van der Waals surface area (Å²) in [7, 11) is 1.63. The molecule has 0 spiro atoms. The lowest BCUT2D eigenvalue weighted by molar-refractivity contribution is 0.146. The quantitative estimate of drug-likeness (QED) is 0.687. The average Bonchev–Trinajstić information content (AvgIpc) is 2.99. The molecule has 0 aliphatic carbocycles. The number of hydrogen-bond acceptors (Lipinski definition) is 6. The van der Waals surface area contributed by atoms with Gasteiger partial charge < -0.3 is 14.8 Å². The molecule has 3 rings (SSSR count). The van der Waals surface area contributed by atoms with E-state index in [1.165, 1.54) is 0 Å². The molecule has 0 aliphatic heterocycles. The zero-order chi connectivity index (χ0) is 15.4. The van der Waals surface area contributed by atoms with Gasteiger partial charge in [-0.3, -0.25) is 0 Å². The maximum atomic E-state index is 6.24. The first-order valence-electron chi connectivity index (χ1n) is 6.64. The standard InChI is InChI=1S/C15H14ClN3O2S/c1-20-5-6-21-13-3-2-10(8-12(13)16)19-14-11-4-7-22-15(11)18-9-17-14/h2-4,7-9H,5-6H2,1H3,(H,17,18,19). The highest BCUT2D eigenvalue weighted by Gasteiger charge is 2.07. The summed E-state index contributed by atoms with van der Waals surface area (Å²) in [6.45, 7) is 0.984. The number of aromatic nitrogens is 2. The van der Waals surface area contributed by atoms with Crippen molar-refractivity contribution in [1.82, 2.24) is 9.97 Å². The molecule has 0 aliphatic rings. The average molecular weight is 336 g/mol. The van der Waals surface area contributed by atoms with Crippen LogP contribution < -0.4 is 10.1 Å². The van der Waals surface area contributed by atoms with Crippen molar-refractivity contribution in [1.29, 1.82) is 0 Å². The molecule has 3 aromatic rings. The van der Waals surface area contributed by atoms with Crippen molar-refractivity contribution >= 4 is 44.7 Å². The second-order valence-corrected chi connectivity index (χ2v) is 5.77. The van der Waals surface area contributed by atoms with Crippen LogP contribution in [0.4, 0.5) is 11.5 Å². The van der Waals surface area contributed by atoms with E-state index < -0.39 is 0 Å². The van der Waals surface area contributed by atoms with Gasteiger partial charge in [0.05, 0.1) is 17.0 Å². The first kappa shape index (κ1) is 15.0. The van der Waals surface area contributed by atoms with Gasteiger partial charge in [-0.2, -0.15) is 0 Å². The summed E-state index contributed by atoms with van der Waals surface area (Å²) in [6.07, 6.45) is 1.55. The molecule has 0 saturated heterocycles. The van der Waals surface area contributed by atoms with Gasteiger partial charge in [-0.25, -0.2) is 9.97 Å². The van der Waals surface area contributed by atoms with Crippen molar-refractivity contribution in [2.75, 3.05) is 25.6 Å². The van der Waals surface area contributed by atoms with E-state index in [4.69, 9.17) is 21.1 Å². The van der Waals surface area contributed by atoms with E-state index in [1.807, 2.05) is 29.6 Å². The normalized spacial score (nSPS) is 10.8. The smallest absolute Gasteiger partial charge is 0.142 e. The maximum Gasteiger partial charge on any atom is 0.142 e. The van der Waals surface area contributed by atoms with Gasteiger partial charge >= 0.3 is 0 Å². The van der Waals surface area contributed by atoms with Crippen molar-refractivity contribution < 1.29 is 9.47 Å². The first-order valence-corrected chi connectivity index (χ1v) is 7.90. The fourth-order valence-electron chi connectivity index (χ4n) is 1.96. The molecule has 0 fully saturated rings. The molecule has 114 valence electrons. The second kappa shape index (κ2) is 6.91. The van der Waals surface area contributed by atoms with E-state index in [9.17, 15) is 0 Å². The number of methoxy groups -OCH3 is 1. The number of halogens is 1. The third-order valence-electron chi connectivity index (χ3n) is 3.00. The zero-order valence-corrected chi connectivity index (χ0v) is 13.4. The van der Waals surface area contributed by atoms with Crippen LogP contribution in [0.2, 0.25) is 5.02 Å². The number of thiophene rings is 1. The maximum absolute atomic E-state index is 6.24. The van der Waals surface area contributed by atoms with Crippen molar-refractivity contribution in [2.24, 2.45) is 0 Å². The number of rotatable bonds is 6. The minimum atomic E-state index is 0.463. The Morgan fingerprint density at radius 1 is 1.23 bits per heavy atom. The Morgan fingerprint density at radius 3 is 2.95 bits per heavy atom. The molecule has 22 heavy (non-hydrogen) atoms. The highest BCUT2D eigenvalue weighted by atomic mass is 35.5. The Labute approximate surface area is 136 Å². The van der Waals surface area contributed by atoms with Crippen LogP contribution in [0.5, 0.6) is 5.75 Å². The van der Waals surface area contributed by atoms with Gasteiger partial charge in [-0.15, -0.1) is 11.3 Å². The molecule has 5 nitrogen and oxygen atoms in total. The Hall–Kier alpha value is -1.89. The van der Waals surface area contributed by atoms with Gasteiger partial charge in [-0.1, -0.05) is 11.6 Å². The van der Waals surface area contributed by atoms with Gasteiger partial charge in [0.1, 0.15) is 29.3 Å². The van der Waals surface area contributed by atoms with E-state index in [0.29, 0.717) is 24.0 Å². The predicted molar refractivity (Wildman–Crippen MR) is 89.5 cm³/mol. The van der Waals surface area contributed by atoms with Crippen LogP contribution in [0.3, 0.4) is 0 Å². The van der Waals surface area contributed by atoms with Crippen LogP contribution in [0, 0.1) is 0 Å². The highest BCUT2D eigenvalue weighted by Crippen LogP contribution is 2.31. The van der Waals surface area contributed by atoms with Crippen molar-refractivity contribution in [2.45, 2.75) is 0 Å². The fraction of sp³-hybridized carbons (Fsp3) is 0.200. The lowest BCUT2D eigenvalue weighted by atomic mass is 10.3. The lowest BCUT2D eigenvalue weighted by Crippen LogP contribution is -2.04. The molecular weight excluding hydrogens is 322 g/mol. The molecule has 0 bridgehead atoms. The van der Waals surface area contributed by atoms with E-state index in [0.717, 1.165) is 21.7 Å². The van der Waals surface area contributed by atoms with Crippen molar-refractivity contribution in [3.8, 4) is 5.75 Å². The number of fused-ring (bicyclic) bond motifs is 1. The van der Waals surface area contributed by atoms with Crippen LogP contribution in [0.25, 0.3) is 10.2 Å². The van der Waals surface area contributed by atoms with Gasteiger partial charge in [0.25, 0.3) is 0 Å². The second-order valence-electron chi connectivity index (χ2n) is 4.47. The topological polar surface area (TPSA) is 56.3 Å². The summed E-state index contributed by atoms with van der Waals surface area (Å²) in [5.41, 5.74) is 0.843. The molecule has 0 atom stereocenters. The summed E-state index contributed by atoms with van der Waals surface area (Å²) in [5, 5.41) is 6.78. The molecule has 0 unspecified atom stereocenters. The minimum absolute atomic E-state index is 0.463. The lowest BCUT2D eigenvalue weighted by Gasteiger charge is -2.10. The van der Waals surface area contributed by atoms with Crippen LogP contribution in [-0.4, -0.2) is 30.3 Å². The fourth-order valence-corrected chi connectivity index (χ4v) is 2.92. The zero-order valence-electron chi connectivity index (χ0n) is 11.9. The van der Waals surface area contributed by atoms with Crippen LogP contribution in [-0.2, 0) is 4.74 Å². The molecule has 0 saturated carbocycles. The van der Waals surface area contributed by atoms with Crippen LogP contribution in [0.1, 0.15) is 0 Å². The molecule has 0 radical (unpaired) electrons. The number of benzene rings is 1. The Morgan fingerprint density at radius 2 is 2.14 bits per heavy atom. The van der Waals surface area contributed by atoms with E-state index in [-0.39, 0.29) is 0 Å². The van der Waals surface area contributed by atoms with Gasteiger partial charge in [0.2, 0.25) is 0 Å². The van der Waals surface area contributed by atoms with Crippen molar-refractivity contribution in [3.05, 3.63) is 41.0 Å². The third kappa shape index (κ3) is 3.30. The largest absolute Gasteiger partial charge is 0.490 e. The molecule has 1 aromatic carbocycles. The van der Waals surface area contributed by atoms with E-state index >= 15 is 0 Å². The molecule has 7 heteroatoms. The van der Waals surface area contributed by atoms with Crippen molar-refractivity contribution in [3.63, 3.8) is 0 Å². The summed E-state index contributed by atoms with van der Waals surface area (Å²) < 4.78 is 10.5. The molecule has 2 aromatic heterocycles. The molecule has 1 N–H and O–H groups in total. The van der Waals surface area contributed by atoms with Gasteiger partial charge in [-0.05, 0) is 29.6 Å². The Balaban J connectivity index is 1.78. The predicted octanol–water partition coefficient (Wildman–Crippen LogP) is 4.11. The summed E-state index contributed by atoms with van der Waals surface area (Å²) in [6, 6.07) is 7.52. The Bertz CT molecular complexity index is 778. The summed E-state index contributed by atoms with van der Waals surface area (Å²) in [5.74, 6) is 1.39. The monoisotopic (exact) mass is 335 g/mol. The van der Waals surface area contributed by atoms with Gasteiger partial charge in [0, 0.05) is 12.8 Å². The van der Waals surface area contributed by atoms with Crippen LogP contribution in [0.15, 0.2) is 36.0 Å². The minimum Gasteiger partial charge on any atom is -0.490 e. The highest BCUT2D eigenvalue weighted by molar-refractivity contribution is 7.16. The van der Waals surface area contributed by atoms with Crippen LogP contribution >= 0.6 is 22.9 Å². The summed E-state index contributed by atoms with van der Waals surface area (Å²) >= 11 is 7.81. The van der Waals surface area contributed by atoms with Gasteiger partial charge in [0.15, 0.2) is 0 Å². The summed E-state index contributed by atoms with van der Waals surface area (Å²) in [4.78, 5) is 9.45. The number of anilines is 2. The van der Waals surface area contributed by atoms with E-state index in [2.05, 4.69) is 15.3 Å². The first-order chi connectivity index (χ1) is 10.8. The number of ether oxygens (including phenoxy) is 2. The SMILES string of the molecule is COCCOc1ccc(Nc2ncnc3sccc23)cc1Cl. The number of hydrogen-bond donors (Lipinski definition) is 1. The molecular formula is C15H14ClN3O2S. The molecule has 2 heterocycles.